The minimum absolute atomic E-state index is 0.690. The molecule has 18 heavy (non-hydrogen) atoms. The van der Waals surface area contributed by atoms with Gasteiger partial charge in [0.1, 0.15) is 5.82 Å². The molecule has 0 spiro atoms. The molecule has 0 saturated carbocycles. The van der Waals surface area contributed by atoms with Crippen LogP contribution >= 0.6 is 11.6 Å². The van der Waals surface area contributed by atoms with Crippen molar-refractivity contribution in [1.82, 2.24) is 15.0 Å². The van der Waals surface area contributed by atoms with Crippen LogP contribution in [0.1, 0.15) is 17.0 Å². The van der Waals surface area contributed by atoms with Crippen LogP contribution in [0.4, 0.5) is 0 Å². The third-order valence-corrected chi connectivity index (χ3v) is 3.33. The van der Waals surface area contributed by atoms with Gasteiger partial charge in [-0.15, -0.1) is 0 Å². The van der Waals surface area contributed by atoms with Crippen LogP contribution in [0.2, 0.25) is 5.02 Å². The maximum atomic E-state index is 6.15. The summed E-state index contributed by atoms with van der Waals surface area (Å²) in [6.07, 6.45) is 2.47. The number of nitrogens with one attached hydrogen (secondary N) is 1. The van der Waals surface area contributed by atoms with Crippen molar-refractivity contribution in [3.05, 3.63) is 58.5 Å². The second kappa shape index (κ2) is 4.42. The van der Waals surface area contributed by atoms with E-state index in [1.54, 1.807) is 6.20 Å². The lowest BCUT2D eigenvalue weighted by Crippen LogP contribution is -1.91. The monoisotopic (exact) mass is 257 g/mol. The Labute approximate surface area is 110 Å². The zero-order valence-corrected chi connectivity index (χ0v) is 10.7. The first-order valence-electron chi connectivity index (χ1n) is 5.77. The van der Waals surface area contributed by atoms with Crippen LogP contribution in [0.15, 0.2) is 36.5 Å². The van der Waals surface area contributed by atoms with Gasteiger partial charge in [0.2, 0.25) is 0 Å². The van der Waals surface area contributed by atoms with Gasteiger partial charge in [-0.05, 0) is 30.2 Å². The highest BCUT2D eigenvalue weighted by atomic mass is 35.5. The van der Waals surface area contributed by atoms with Crippen molar-refractivity contribution >= 4 is 22.8 Å². The number of pyridine rings is 1. The predicted octanol–water partition coefficient (Wildman–Crippen LogP) is 3.51. The Kier molecular flexibility index (Phi) is 2.76. The number of rotatable bonds is 2. The molecule has 90 valence electrons. The molecule has 1 aromatic carbocycles. The highest BCUT2D eigenvalue weighted by Crippen LogP contribution is 2.19. The lowest BCUT2D eigenvalue weighted by molar-refractivity contribution is 1.03. The first kappa shape index (κ1) is 11.2. The van der Waals surface area contributed by atoms with Crippen LogP contribution in [-0.2, 0) is 6.42 Å². The molecule has 4 heteroatoms. The molecule has 2 aromatic heterocycles. The van der Waals surface area contributed by atoms with E-state index in [-0.39, 0.29) is 0 Å². The third-order valence-electron chi connectivity index (χ3n) is 2.97. The molecule has 0 saturated heterocycles. The first-order chi connectivity index (χ1) is 8.74. The lowest BCUT2D eigenvalue weighted by Gasteiger charge is -2.00. The Hall–Kier alpha value is -1.87. The molecule has 3 aromatic rings. The van der Waals surface area contributed by atoms with Gasteiger partial charge in [0.05, 0.1) is 5.52 Å². The third kappa shape index (κ3) is 1.97. The van der Waals surface area contributed by atoms with E-state index in [0.29, 0.717) is 6.42 Å². The van der Waals surface area contributed by atoms with E-state index in [1.807, 2.05) is 37.3 Å². The van der Waals surface area contributed by atoms with E-state index < -0.39 is 0 Å². The average Bonchev–Trinajstić information content (AvgIpc) is 2.76. The van der Waals surface area contributed by atoms with Crippen molar-refractivity contribution in [1.29, 1.82) is 0 Å². The van der Waals surface area contributed by atoms with Gasteiger partial charge in [0, 0.05) is 17.6 Å². The molecule has 0 fully saturated rings. The van der Waals surface area contributed by atoms with Gasteiger partial charge in [0.15, 0.2) is 5.65 Å². The SMILES string of the molecule is Cc1ccnc2nc(Cc3ccccc3Cl)[nH]c12. The van der Waals surface area contributed by atoms with E-state index in [2.05, 4.69) is 15.0 Å². The number of fused-ring (bicyclic) bond motifs is 1. The fraction of sp³-hybridized carbons (Fsp3) is 0.143. The summed E-state index contributed by atoms with van der Waals surface area (Å²) in [5, 5.41) is 0.766. The summed E-state index contributed by atoms with van der Waals surface area (Å²) in [7, 11) is 0. The number of nitrogens with zero attached hydrogens (tertiary/aromatic N) is 2. The van der Waals surface area contributed by atoms with Crippen LogP contribution in [-0.4, -0.2) is 15.0 Å². The van der Waals surface area contributed by atoms with E-state index in [0.717, 1.165) is 33.1 Å². The van der Waals surface area contributed by atoms with Crippen molar-refractivity contribution in [3.8, 4) is 0 Å². The predicted molar refractivity (Wildman–Crippen MR) is 72.9 cm³/mol. The Morgan fingerprint density at radius 1 is 1.22 bits per heavy atom. The van der Waals surface area contributed by atoms with Crippen LogP contribution in [0.3, 0.4) is 0 Å². The summed E-state index contributed by atoms with van der Waals surface area (Å²) < 4.78 is 0. The molecule has 1 N–H and O–H groups in total. The molecule has 2 heterocycles. The number of hydrogen-bond acceptors (Lipinski definition) is 2. The fourth-order valence-electron chi connectivity index (χ4n) is 1.99. The van der Waals surface area contributed by atoms with Crippen molar-refractivity contribution in [2.24, 2.45) is 0 Å². The summed E-state index contributed by atoms with van der Waals surface area (Å²) in [6, 6.07) is 9.78. The van der Waals surface area contributed by atoms with Crippen molar-refractivity contribution in [2.45, 2.75) is 13.3 Å². The molecule has 0 radical (unpaired) electrons. The minimum atomic E-state index is 0.690. The van der Waals surface area contributed by atoms with Crippen molar-refractivity contribution < 1.29 is 0 Å². The van der Waals surface area contributed by atoms with E-state index >= 15 is 0 Å². The maximum Gasteiger partial charge on any atom is 0.177 e. The van der Waals surface area contributed by atoms with E-state index in [4.69, 9.17) is 11.6 Å². The molecule has 0 bridgehead atoms. The van der Waals surface area contributed by atoms with Crippen LogP contribution < -0.4 is 0 Å². The lowest BCUT2D eigenvalue weighted by atomic mass is 10.1. The topological polar surface area (TPSA) is 41.6 Å². The molecule has 0 aliphatic carbocycles. The fourth-order valence-corrected chi connectivity index (χ4v) is 2.19. The van der Waals surface area contributed by atoms with Crippen LogP contribution in [0.5, 0.6) is 0 Å². The largest absolute Gasteiger partial charge is 0.340 e. The van der Waals surface area contributed by atoms with Gasteiger partial charge in [0.25, 0.3) is 0 Å². The molecule has 3 nitrogen and oxygen atoms in total. The van der Waals surface area contributed by atoms with Gasteiger partial charge in [-0.1, -0.05) is 29.8 Å². The Bertz CT molecular complexity index is 703. The summed E-state index contributed by atoms with van der Waals surface area (Å²) in [5.41, 5.74) is 3.98. The summed E-state index contributed by atoms with van der Waals surface area (Å²) >= 11 is 6.15. The van der Waals surface area contributed by atoms with Crippen molar-refractivity contribution in [2.75, 3.05) is 0 Å². The first-order valence-corrected chi connectivity index (χ1v) is 6.15. The standard InChI is InChI=1S/C14H12ClN3/c1-9-6-7-16-14-13(9)17-12(18-14)8-10-4-2-3-5-11(10)15/h2-7H,8H2,1H3,(H,16,17,18). The Balaban J connectivity index is 2.01. The number of aryl methyl sites for hydroxylation is 1. The molecule has 0 atom stereocenters. The number of halogens is 1. The maximum absolute atomic E-state index is 6.15. The number of aromatic amines is 1. The Morgan fingerprint density at radius 3 is 2.83 bits per heavy atom. The van der Waals surface area contributed by atoms with Crippen molar-refractivity contribution in [3.63, 3.8) is 0 Å². The number of aromatic nitrogens is 3. The molecular formula is C14H12ClN3. The van der Waals surface area contributed by atoms with Gasteiger partial charge in [-0.25, -0.2) is 9.97 Å². The number of imidazole rings is 1. The molecule has 0 aliphatic heterocycles. The van der Waals surface area contributed by atoms with Gasteiger partial charge in [-0.2, -0.15) is 0 Å². The number of hydrogen-bond donors (Lipinski definition) is 1. The molecule has 0 amide bonds. The number of benzene rings is 1. The quantitative estimate of drug-likeness (QED) is 0.763. The second-order valence-corrected chi connectivity index (χ2v) is 4.69. The zero-order valence-electron chi connectivity index (χ0n) is 9.94. The van der Waals surface area contributed by atoms with Crippen LogP contribution in [0, 0.1) is 6.92 Å². The molecular weight excluding hydrogens is 246 g/mol. The smallest absolute Gasteiger partial charge is 0.177 e. The van der Waals surface area contributed by atoms with Crippen LogP contribution in [0.25, 0.3) is 11.2 Å². The summed E-state index contributed by atoms with van der Waals surface area (Å²) in [6.45, 7) is 2.04. The summed E-state index contributed by atoms with van der Waals surface area (Å²) in [4.78, 5) is 12.0. The highest BCUT2D eigenvalue weighted by molar-refractivity contribution is 6.31. The molecule has 0 unspecified atom stereocenters. The normalized spacial score (nSPS) is 11.0. The van der Waals surface area contributed by atoms with E-state index in [9.17, 15) is 0 Å². The van der Waals surface area contributed by atoms with Gasteiger partial charge in [-0.3, -0.25) is 0 Å². The summed E-state index contributed by atoms with van der Waals surface area (Å²) in [5.74, 6) is 0.889. The molecule has 0 aliphatic rings. The second-order valence-electron chi connectivity index (χ2n) is 4.28. The van der Waals surface area contributed by atoms with E-state index in [1.165, 1.54) is 0 Å². The zero-order chi connectivity index (χ0) is 12.5. The molecule has 3 rings (SSSR count). The minimum Gasteiger partial charge on any atom is -0.340 e. The van der Waals surface area contributed by atoms with Gasteiger partial charge < -0.3 is 4.98 Å². The Morgan fingerprint density at radius 2 is 2.06 bits per heavy atom. The average molecular weight is 258 g/mol. The number of H-pyrrole nitrogens is 1. The highest BCUT2D eigenvalue weighted by Gasteiger charge is 2.08. The van der Waals surface area contributed by atoms with Gasteiger partial charge >= 0.3 is 0 Å².